The van der Waals surface area contributed by atoms with Crippen LogP contribution in [0.25, 0.3) is 0 Å². The molecule has 10 heteroatoms. The van der Waals surface area contributed by atoms with Gasteiger partial charge in [-0.05, 0) is 42.9 Å². The van der Waals surface area contributed by atoms with E-state index in [1.54, 1.807) is 0 Å². The molecule has 3 rings (SSSR count). The lowest BCUT2D eigenvalue weighted by Gasteiger charge is -2.33. The maximum atomic E-state index is 13.2. The average molecular weight is 393 g/mol. The molecule has 2 saturated heterocycles. The molecule has 1 spiro atoms. The lowest BCUT2D eigenvalue weighted by Crippen LogP contribution is -2.35. The number of hydrogen-bond donors (Lipinski definition) is 1. The summed E-state index contributed by atoms with van der Waals surface area (Å²) in [4.78, 5) is 10.5. The molecule has 1 N–H and O–H groups in total. The lowest BCUT2D eigenvalue weighted by molar-refractivity contribution is -0.138. The van der Waals surface area contributed by atoms with Crippen LogP contribution >= 0.6 is 0 Å². The fourth-order valence-corrected chi connectivity index (χ4v) is 5.15. The number of rotatable bonds is 3. The van der Waals surface area contributed by atoms with Gasteiger partial charge in [-0.15, -0.1) is 0 Å². The number of carboxylic acid groups (broad SMARTS) is 1. The number of nitrogens with zero attached hydrogens (tertiary/aromatic N) is 1. The molecule has 144 valence electrons. The second-order valence-electron chi connectivity index (χ2n) is 6.71. The van der Waals surface area contributed by atoms with Crippen molar-refractivity contribution in [1.82, 2.24) is 4.31 Å². The van der Waals surface area contributed by atoms with Crippen LogP contribution in [0.1, 0.15) is 35.2 Å². The van der Waals surface area contributed by atoms with Gasteiger partial charge in [-0.2, -0.15) is 17.5 Å². The molecule has 2 fully saturated rings. The molecule has 0 aliphatic carbocycles. The SMILES string of the molecule is O=C(O)c1ccc(S(=O)(=O)N2CCC3(CCOCC3)C2)cc1C(F)(F)F. The smallest absolute Gasteiger partial charge is 0.417 e. The fourth-order valence-electron chi connectivity index (χ4n) is 3.57. The molecular formula is C16H18F3NO5S. The van der Waals surface area contributed by atoms with Crippen LogP contribution in [0.3, 0.4) is 0 Å². The van der Waals surface area contributed by atoms with E-state index in [9.17, 15) is 26.4 Å². The molecule has 2 aliphatic rings. The van der Waals surface area contributed by atoms with Gasteiger partial charge in [0.15, 0.2) is 0 Å². The van der Waals surface area contributed by atoms with E-state index in [2.05, 4.69) is 0 Å². The third kappa shape index (κ3) is 3.45. The predicted molar refractivity (Wildman–Crippen MR) is 84.3 cm³/mol. The largest absolute Gasteiger partial charge is 0.478 e. The number of alkyl halides is 3. The molecule has 0 aromatic heterocycles. The average Bonchev–Trinajstić information content (AvgIpc) is 2.98. The minimum Gasteiger partial charge on any atom is -0.478 e. The van der Waals surface area contributed by atoms with Crippen LogP contribution in [0.5, 0.6) is 0 Å². The van der Waals surface area contributed by atoms with Crippen molar-refractivity contribution >= 4 is 16.0 Å². The van der Waals surface area contributed by atoms with Crippen molar-refractivity contribution in [2.45, 2.75) is 30.3 Å². The Bertz CT molecular complexity index is 816. The van der Waals surface area contributed by atoms with Gasteiger partial charge < -0.3 is 9.84 Å². The standard InChI is InChI=1S/C16H18F3NO5S/c17-16(18,19)13-9-11(1-2-12(13)14(21)22)26(23,24)20-6-3-15(10-20)4-7-25-8-5-15/h1-2,9H,3-8,10H2,(H,21,22). The van der Waals surface area contributed by atoms with Crippen LogP contribution < -0.4 is 0 Å². The molecule has 6 nitrogen and oxygen atoms in total. The molecule has 2 aliphatic heterocycles. The van der Waals surface area contributed by atoms with E-state index in [1.807, 2.05) is 0 Å². The highest BCUT2D eigenvalue weighted by molar-refractivity contribution is 7.89. The quantitative estimate of drug-likeness (QED) is 0.854. The summed E-state index contributed by atoms with van der Waals surface area (Å²) in [6.45, 7) is 1.55. The van der Waals surface area contributed by atoms with Gasteiger partial charge in [-0.25, -0.2) is 13.2 Å². The van der Waals surface area contributed by atoms with Gasteiger partial charge in [-0.3, -0.25) is 0 Å². The number of benzene rings is 1. The minimum atomic E-state index is -4.97. The van der Waals surface area contributed by atoms with E-state index in [1.165, 1.54) is 4.31 Å². The van der Waals surface area contributed by atoms with Crippen LogP contribution in [0.2, 0.25) is 0 Å². The second kappa shape index (κ2) is 6.50. The third-order valence-corrected chi connectivity index (χ3v) is 6.96. The topological polar surface area (TPSA) is 83.9 Å². The van der Waals surface area contributed by atoms with E-state index in [-0.39, 0.29) is 18.5 Å². The zero-order valence-corrected chi connectivity index (χ0v) is 14.6. The number of sulfonamides is 1. The summed E-state index contributed by atoms with van der Waals surface area (Å²) < 4.78 is 71.6. The molecule has 0 amide bonds. The molecule has 0 saturated carbocycles. The highest BCUT2D eigenvalue weighted by atomic mass is 32.2. The predicted octanol–water partition coefficient (Wildman–Crippen LogP) is 2.59. The van der Waals surface area contributed by atoms with Gasteiger partial charge in [0, 0.05) is 26.3 Å². The molecule has 2 heterocycles. The first-order valence-electron chi connectivity index (χ1n) is 8.08. The van der Waals surface area contributed by atoms with Crippen LogP contribution in [0.15, 0.2) is 23.1 Å². The van der Waals surface area contributed by atoms with E-state index >= 15 is 0 Å². The van der Waals surface area contributed by atoms with E-state index in [4.69, 9.17) is 9.84 Å². The van der Waals surface area contributed by atoms with Crippen LogP contribution in [-0.4, -0.2) is 50.1 Å². The maximum absolute atomic E-state index is 13.2. The molecule has 1 aromatic carbocycles. The Hall–Kier alpha value is -1.65. The zero-order chi connectivity index (χ0) is 19.2. The van der Waals surface area contributed by atoms with Crippen LogP contribution in [-0.2, 0) is 20.9 Å². The molecule has 0 radical (unpaired) electrons. The van der Waals surface area contributed by atoms with Crippen LogP contribution in [0.4, 0.5) is 13.2 Å². The summed E-state index contributed by atoms with van der Waals surface area (Å²) in [6, 6.07) is 2.02. The van der Waals surface area contributed by atoms with E-state index < -0.39 is 38.2 Å². The Morgan fingerprint density at radius 2 is 1.85 bits per heavy atom. The molecule has 0 atom stereocenters. The molecule has 0 unspecified atom stereocenters. The first kappa shape index (κ1) is 19.1. The molecule has 26 heavy (non-hydrogen) atoms. The van der Waals surface area contributed by atoms with Crippen molar-refractivity contribution in [2.75, 3.05) is 26.3 Å². The molecule has 1 aromatic rings. The Labute approximate surface area is 148 Å². The van der Waals surface area contributed by atoms with Gasteiger partial charge in [0.1, 0.15) is 0 Å². The van der Waals surface area contributed by atoms with Gasteiger partial charge in [0.05, 0.1) is 16.0 Å². The van der Waals surface area contributed by atoms with Crippen molar-refractivity contribution < 1.29 is 36.2 Å². The number of halogens is 3. The number of ether oxygens (including phenoxy) is 1. The number of carboxylic acids is 1. The zero-order valence-electron chi connectivity index (χ0n) is 13.8. The van der Waals surface area contributed by atoms with Crippen molar-refractivity contribution in [3.63, 3.8) is 0 Å². The van der Waals surface area contributed by atoms with Crippen molar-refractivity contribution in [3.05, 3.63) is 29.3 Å². The summed E-state index contributed by atoms with van der Waals surface area (Å²) in [7, 11) is -4.14. The summed E-state index contributed by atoms with van der Waals surface area (Å²) in [5.41, 5.74) is -2.64. The highest BCUT2D eigenvalue weighted by Crippen LogP contribution is 2.42. The summed E-state index contributed by atoms with van der Waals surface area (Å²) >= 11 is 0. The van der Waals surface area contributed by atoms with Crippen molar-refractivity contribution in [3.8, 4) is 0 Å². The van der Waals surface area contributed by atoms with Crippen LogP contribution in [0, 0.1) is 5.41 Å². The lowest BCUT2D eigenvalue weighted by atomic mass is 9.80. The summed E-state index contributed by atoms with van der Waals surface area (Å²) in [5.74, 6) is -1.76. The first-order chi connectivity index (χ1) is 12.1. The Kier molecular flexibility index (Phi) is 4.78. The van der Waals surface area contributed by atoms with E-state index in [0.717, 1.165) is 6.07 Å². The summed E-state index contributed by atoms with van der Waals surface area (Å²) in [5, 5.41) is 8.93. The van der Waals surface area contributed by atoms with Gasteiger partial charge in [0.2, 0.25) is 10.0 Å². The van der Waals surface area contributed by atoms with E-state index in [0.29, 0.717) is 44.6 Å². The Morgan fingerprint density at radius 1 is 1.19 bits per heavy atom. The second-order valence-corrected chi connectivity index (χ2v) is 8.65. The van der Waals surface area contributed by atoms with Gasteiger partial charge in [-0.1, -0.05) is 0 Å². The fraction of sp³-hybridized carbons (Fsp3) is 0.562. The third-order valence-electron chi connectivity index (χ3n) is 5.12. The number of carbonyl (C=O) groups is 1. The Morgan fingerprint density at radius 3 is 2.42 bits per heavy atom. The molecule has 0 bridgehead atoms. The van der Waals surface area contributed by atoms with Gasteiger partial charge in [0.25, 0.3) is 0 Å². The molecular weight excluding hydrogens is 375 g/mol. The number of hydrogen-bond acceptors (Lipinski definition) is 4. The minimum absolute atomic E-state index is 0.195. The van der Waals surface area contributed by atoms with Gasteiger partial charge >= 0.3 is 12.1 Å². The Balaban J connectivity index is 1.94. The summed E-state index contributed by atoms with van der Waals surface area (Å²) in [6.07, 6.45) is -2.91. The highest BCUT2D eigenvalue weighted by Gasteiger charge is 2.44. The normalized spacial score (nSPS) is 21.2. The number of aromatic carboxylic acids is 1. The first-order valence-corrected chi connectivity index (χ1v) is 9.52. The monoisotopic (exact) mass is 393 g/mol. The maximum Gasteiger partial charge on any atom is 0.417 e. The van der Waals surface area contributed by atoms with Crippen molar-refractivity contribution in [2.24, 2.45) is 5.41 Å². The van der Waals surface area contributed by atoms with Crippen molar-refractivity contribution in [1.29, 1.82) is 0 Å².